The predicted octanol–water partition coefficient (Wildman–Crippen LogP) is 3.54. The van der Waals surface area contributed by atoms with Gasteiger partial charge in [0.1, 0.15) is 12.0 Å². The van der Waals surface area contributed by atoms with E-state index in [1.54, 1.807) is 17.6 Å². The van der Waals surface area contributed by atoms with Crippen molar-refractivity contribution in [2.75, 3.05) is 0 Å². The van der Waals surface area contributed by atoms with E-state index >= 15 is 0 Å². The molecule has 0 N–H and O–H groups in total. The second-order valence-corrected chi connectivity index (χ2v) is 4.77. The maximum absolute atomic E-state index is 5.34. The van der Waals surface area contributed by atoms with E-state index in [4.69, 9.17) is 4.42 Å². The molecule has 2 aromatic heterocycles. The largest absolute Gasteiger partial charge is 0.468 e. The van der Waals surface area contributed by atoms with Crippen molar-refractivity contribution in [2.24, 2.45) is 0 Å². The second kappa shape index (κ2) is 3.62. The summed E-state index contributed by atoms with van der Waals surface area (Å²) in [4.78, 5) is 1.35. The van der Waals surface area contributed by atoms with Crippen LogP contribution in [0.15, 0.2) is 34.3 Å². The average molecular weight is 290 g/mol. The van der Waals surface area contributed by atoms with Crippen LogP contribution in [0.1, 0.15) is 10.6 Å². The van der Waals surface area contributed by atoms with Gasteiger partial charge in [0.25, 0.3) is 0 Å². The van der Waals surface area contributed by atoms with Crippen molar-refractivity contribution in [1.29, 1.82) is 0 Å². The molecule has 0 aliphatic carbocycles. The zero-order chi connectivity index (χ0) is 8.39. The third kappa shape index (κ3) is 1.90. The van der Waals surface area contributed by atoms with Crippen molar-refractivity contribution in [1.82, 2.24) is 0 Å². The van der Waals surface area contributed by atoms with Crippen LogP contribution in [0.5, 0.6) is 0 Å². The Balaban J connectivity index is 2.14. The minimum Gasteiger partial charge on any atom is -0.468 e. The van der Waals surface area contributed by atoms with Gasteiger partial charge in [0.2, 0.25) is 0 Å². The fourth-order valence-corrected chi connectivity index (χ4v) is 2.22. The first-order valence-corrected chi connectivity index (χ1v) is 5.56. The molecular formula is C9H7IOS. The number of furan rings is 1. The molecule has 2 heterocycles. The first-order valence-electron chi connectivity index (χ1n) is 3.60. The highest BCUT2D eigenvalue weighted by Crippen LogP contribution is 2.17. The monoisotopic (exact) mass is 290 g/mol. The summed E-state index contributed by atoms with van der Waals surface area (Å²) >= 11 is 4.02. The summed E-state index contributed by atoms with van der Waals surface area (Å²) in [6.07, 6.45) is 2.70. The minimum atomic E-state index is 0.917. The van der Waals surface area contributed by atoms with Crippen LogP contribution in [-0.2, 0) is 6.42 Å². The van der Waals surface area contributed by atoms with Crippen LogP contribution in [-0.4, -0.2) is 0 Å². The van der Waals surface area contributed by atoms with Gasteiger partial charge in [-0.25, -0.2) is 0 Å². The summed E-state index contributed by atoms with van der Waals surface area (Å²) in [6.45, 7) is 0. The standard InChI is InChI=1S/C9H7IOS/c10-7-4-8(11-6-7)5-9-2-1-3-12-9/h1-4,6H,5H2. The highest BCUT2D eigenvalue weighted by atomic mass is 127. The lowest BCUT2D eigenvalue weighted by Crippen LogP contribution is -1.78. The Hall–Kier alpha value is -0.290. The average Bonchev–Trinajstić information content (AvgIpc) is 2.63. The molecule has 0 saturated heterocycles. The van der Waals surface area contributed by atoms with Crippen molar-refractivity contribution in [3.05, 3.63) is 44.0 Å². The molecule has 0 aliphatic heterocycles. The first kappa shape index (κ1) is 8.31. The molecule has 1 nitrogen and oxygen atoms in total. The van der Waals surface area contributed by atoms with Gasteiger partial charge in [0.05, 0.1) is 3.57 Å². The molecule has 0 fully saturated rings. The molecule has 0 unspecified atom stereocenters. The van der Waals surface area contributed by atoms with E-state index in [1.807, 2.05) is 0 Å². The fourth-order valence-electron chi connectivity index (χ4n) is 1.03. The molecule has 0 atom stereocenters. The van der Waals surface area contributed by atoms with Gasteiger partial charge >= 0.3 is 0 Å². The Labute approximate surface area is 88.5 Å². The summed E-state index contributed by atoms with van der Waals surface area (Å²) in [5.41, 5.74) is 0. The van der Waals surface area contributed by atoms with E-state index in [2.05, 4.69) is 46.2 Å². The summed E-state index contributed by atoms with van der Waals surface area (Å²) in [7, 11) is 0. The third-order valence-corrected chi connectivity index (χ3v) is 2.99. The van der Waals surface area contributed by atoms with Crippen LogP contribution in [0.25, 0.3) is 0 Å². The molecule has 62 valence electrons. The third-order valence-electron chi connectivity index (χ3n) is 1.55. The summed E-state index contributed by atoms with van der Waals surface area (Å²) in [6, 6.07) is 6.26. The Morgan fingerprint density at radius 1 is 1.50 bits per heavy atom. The molecule has 3 heteroatoms. The number of hydrogen-bond donors (Lipinski definition) is 0. The van der Waals surface area contributed by atoms with E-state index in [0.717, 1.165) is 12.2 Å². The van der Waals surface area contributed by atoms with E-state index in [1.165, 1.54) is 8.45 Å². The Morgan fingerprint density at radius 2 is 2.42 bits per heavy atom. The smallest absolute Gasteiger partial charge is 0.110 e. The van der Waals surface area contributed by atoms with Gasteiger partial charge < -0.3 is 4.42 Å². The molecular weight excluding hydrogens is 283 g/mol. The number of hydrogen-bond acceptors (Lipinski definition) is 2. The van der Waals surface area contributed by atoms with Crippen molar-refractivity contribution in [3.63, 3.8) is 0 Å². The number of thiophene rings is 1. The second-order valence-electron chi connectivity index (χ2n) is 2.49. The quantitative estimate of drug-likeness (QED) is 0.771. The topological polar surface area (TPSA) is 13.1 Å². The highest BCUT2D eigenvalue weighted by molar-refractivity contribution is 14.1. The van der Waals surface area contributed by atoms with Gasteiger partial charge in [-0.2, -0.15) is 0 Å². The molecule has 12 heavy (non-hydrogen) atoms. The maximum Gasteiger partial charge on any atom is 0.110 e. The minimum absolute atomic E-state index is 0.917. The Bertz CT molecular complexity index is 350. The molecule has 0 saturated carbocycles. The van der Waals surface area contributed by atoms with Gasteiger partial charge in [-0.15, -0.1) is 11.3 Å². The molecule has 0 amide bonds. The predicted molar refractivity (Wildman–Crippen MR) is 58.6 cm³/mol. The van der Waals surface area contributed by atoms with Gasteiger partial charge in [-0.3, -0.25) is 0 Å². The van der Waals surface area contributed by atoms with Crippen LogP contribution in [0.4, 0.5) is 0 Å². The Kier molecular flexibility index (Phi) is 2.51. The van der Waals surface area contributed by atoms with Crippen molar-refractivity contribution < 1.29 is 4.42 Å². The van der Waals surface area contributed by atoms with Gasteiger partial charge in [0, 0.05) is 11.3 Å². The summed E-state index contributed by atoms with van der Waals surface area (Å²) in [5.74, 6) is 1.04. The number of rotatable bonds is 2. The SMILES string of the molecule is Ic1coc(Cc2cccs2)c1. The van der Waals surface area contributed by atoms with E-state index in [9.17, 15) is 0 Å². The zero-order valence-electron chi connectivity index (χ0n) is 6.29. The van der Waals surface area contributed by atoms with Crippen molar-refractivity contribution >= 4 is 33.9 Å². The van der Waals surface area contributed by atoms with E-state index in [-0.39, 0.29) is 0 Å². The number of halogens is 1. The molecule has 0 radical (unpaired) electrons. The van der Waals surface area contributed by atoms with Gasteiger partial charge in [0.15, 0.2) is 0 Å². The first-order chi connectivity index (χ1) is 5.84. The normalized spacial score (nSPS) is 10.4. The molecule has 2 rings (SSSR count). The molecule has 0 bridgehead atoms. The van der Waals surface area contributed by atoms with Crippen LogP contribution < -0.4 is 0 Å². The van der Waals surface area contributed by atoms with E-state index in [0.29, 0.717) is 0 Å². The molecule has 0 aliphatic rings. The van der Waals surface area contributed by atoms with E-state index < -0.39 is 0 Å². The van der Waals surface area contributed by atoms with Gasteiger partial charge in [-0.1, -0.05) is 6.07 Å². The van der Waals surface area contributed by atoms with Crippen molar-refractivity contribution in [2.45, 2.75) is 6.42 Å². The fraction of sp³-hybridized carbons (Fsp3) is 0.111. The van der Waals surface area contributed by atoms with Gasteiger partial charge in [-0.05, 0) is 40.1 Å². The molecule has 0 spiro atoms. The highest BCUT2D eigenvalue weighted by Gasteiger charge is 2.01. The van der Waals surface area contributed by atoms with Crippen LogP contribution in [0.2, 0.25) is 0 Å². The lowest BCUT2D eigenvalue weighted by atomic mass is 10.3. The molecule has 0 aromatic carbocycles. The summed E-state index contributed by atoms with van der Waals surface area (Å²) < 4.78 is 6.50. The van der Waals surface area contributed by atoms with Crippen LogP contribution in [0, 0.1) is 3.57 Å². The lowest BCUT2D eigenvalue weighted by Gasteiger charge is -1.89. The Morgan fingerprint density at radius 3 is 3.00 bits per heavy atom. The van der Waals surface area contributed by atoms with Crippen LogP contribution in [0.3, 0.4) is 0 Å². The van der Waals surface area contributed by atoms with Crippen LogP contribution >= 0.6 is 33.9 Å². The lowest BCUT2D eigenvalue weighted by molar-refractivity contribution is 0.521. The van der Waals surface area contributed by atoms with Crippen molar-refractivity contribution in [3.8, 4) is 0 Å². The summed E-state index contributed by atoms with van der Waals surface area (Å²) in [5, 5.41) is 2.09. The zero-order valence-corrected chi connectivity index (χ0v) is 9.26. The molecule has 2 aromatic rings. The maximum atomic E-state index is 5.34.